The molecule has 6 atom stereocenters. The highest BCUT2D eigenvalue weighted by atomic mass is 35.5. The number of aliphatic hydroxyl groups is 2. The Hall–Kier alpha value is -2.92. The lowest BCUT2D eigenvalue weighted by molar-refractivity contribution is -0.114. The number of hydrogen-bond donors (Lipinski definition) is 3. The van der Waals surface area contributed by atoms with Crippen LogP contribution in [-0.4, -0.2) is 35.4 Å². The highest BCUT2D eigenvalue weighted by molar-refractivity contribution is 7.92. The van der Waals surface area contributed by atoms with Crippen molar-refractivity contribution in [2.75, 3.05) is 5.32 Å². The number of anilines is 1. The fraction of sp³-hybridized carbons (Fsp3) is 0.345. The number of sulfone groups is 1. The van der Waals surface area contributed by atoms with Crippen molar-refractivity contribution < 1.29 is 36.6 Å². The lowest BCUT2D eigenvalue weighted by Gasteiger charge is -2.44. The summed E-state index contributed by atoms with van der Waals surface area (Å²) in [6, 6.07) is 13.6. The van der Waals surface area contributed by atoms with E-state index >= 15 is 0 Å². The van der Waals surface area contributed by atoms with Crippen molar-refractivity contribution in [1.29, 1.82) is 0 Å². The molecule has 2 fully saturated rings. The zero-order valence-corrected chi connectivity index (χ0v) is 22.9. The molecule has 2 bridgehead atoms. The van der Waals surface area contributed by atoms with Crippen LogP contribution in [0.25, 0.3) is 0 Å². The highest BCUT2D eigenvalue weighted by Gasteiger charge is 2.58. The molecule has 4 unspecified atom stereocenters. The molecule has 3 aromatic rings. The summed E-state index contributed by atoms with van der Waals surface area (Å²) in [5, 5.41) is 23.8. The molecule has 5 rings (SSSR count). The molecule has 2 aliphatic carbocycles. The number of hydrogen-bond acceptors (Lipinski definition) is 5. The number of aliphatic hydroxyl groups excluding tert-OH is 1. The minimum atomic E-state index is -4.12. The van der Waals surface area contributed by atoms with Gasteiger partial charge in [-0.15, -0.1) is 0 Å². The van der Waals surface area contributed by atoms with E-state index in [0.29, 0.717) is 24.1 Å². The van der Waals surface area contributed by atoms with E-state index in [0.717, 1.165) is 6.07 Å². The molecular weight excluding hydrogens is 567 g/mol. The minimum Gasteiger partial charge on any atom is -0.387 e. The predicted octanol–water partition coefficient (Wildman–Crippen LogP) is 5.68. The van der Waals surface area contributed by atoms with Crippen LogP contribution in [0.15, 0.2) is 65.6 Å². The summed E-state index contributed by atoms with van der Waals surface area (Å²) in [7, 11) is -4.12. The molecular formula is C29H27ClF3NO5S. The van der Waals surface area contributed by atoms with Crippen molar-refractivity contribution in [2.24, 2.45) is 17.8 Å². The van der Waals surface area contributed by atoms with Gasteiger partial charge in [0.05, 0.1) is 20.8 Å². The number of carbonyl (C=O) groups is 1. The van der Waals surface area contributed by atoms with E-state index in [1.165, 1.54) is 12.1 Å². The van der Waals surface area contributed by atoms with Gasteiger partial charge >= 0.3 is 0 Å². The van der Waals surface area contributed by atoms with E-state index in [9.17, 15) is 36.6 Å². The molecule has 3 N–H and O–H groups in total. The smallest absolute Gasteiger partial charge is 0.255 e. The third kappa shape index (κ3) is 5.02. The average Bonchev–Trinajstić information content (AvgIpc) is 3.14. The normalized spacial score (nSPS) is 26.9. The van der Waals surface area contributed by atoms with Crippen LogP contribution in [0.3, 0.4) is 0 Å². The van der Waals surface area contributed by atoms with Crippen LogP contribution in [0, 0.1) is 35.2 Å². The Balaban J connectivity index is 1.43. The van der Waals surface area contributed by atoms with Crippen molar-refractivity contribution in [3.8, 4) is 0 Å². The van der Waals surface area contributed by atoms with Gasteiger partial charge in [0.15, 0.2) is 27.3 Å². The van der Waals surface area contributed by atoms with Crippen LogP contribution in [-0.2, 0) is 9.84 Å². The summed E-state index contributed by atoms with van der Waals surface area (Å²) in [6.07, 6.45) is -0.542. The molecule has 6 nitrogen and oxygen atoms in total. The Kier molecular flexibility index (Phi) is 7.50. The molecule has 0 aliphatic heterocycles. The van der Waals surface area contributed by atoms with Crippen LogP contribution >= 0.6 is 11.6 Å². The molecule has 0 saturated heterocycles. The fourth-order valence-electron chi connectivity index (χ4n) is 6.41. The second-order valence-electron chi connectivity index (χ2n) is 10.8. The highest BCUT2D eigenvalue weighted by Crippen LogP contribution is 2.56. The van der Waals surface area contributed by atoms with E-state index in [4.69, 9.17) is 11.6 Å². The molecule has 2 aliphatic rings. The van der Waals surface area contributed by atoms with Crippen molar-refractivity contribution >= 4 is 33.0 Å². The van der Waals surface area contributed by atoms with Gasteiger partial charge in [-0.2, -0.15) is 0 Å². The molecule has 2 saturated carbocycles. The zero-order valence-electron chi connectivity index (χ0n) is 21.3. The Bertz CT molecular complexity index is 1550. The molecule has 40 heavy (non-hydrogen) atoms. The lowest BCUT2D eigenvalue weighted by atomic mass is 9.72. The summed E-state index contributed by atoms with van der Waals surface area (Å²) in [5.41, 5.74) is -1.46. The first-order valence-electron chi connectivity index (χ1n) is 12.8. The average molecular weight is 594 g/mol. The maximum atomic E-state index is 14.0. The van der Waals surface area contributed by atoms with E-state index < -0.39 is 62.0 Å². The van der Waals surface area contributed by atoms with Gasteiger partial charge in [0, 0.05) is 23.4 Å². The quantitative estimate of drug-likeness (QED) is 0.319. The largest absolute Gasteiger partial charge is 0.387 e. The lowest BCUT2D eigenvalue weighted by Crippen LogP contribution is -2.49. The van der Waals surface area contributed by atoms with E-state index in [1.54, 1.807) is 30.3 Å². The zero-order chi connectivity index (χ0) is 29.0. The van der Waals surface area contributed by atoms with Gasteiger partial charge < -0.3 is 15.5 Å². The van der Waals surface area contributed by atoms with Crippen molar-refractivity contribution in [1.82, 2.24) is 0 Å². The number of fused-ring (bicyclic) bond motifs is 2. The Morgan fingerprint density at radius 1 is 1.05 bits per heavy atom. The van der Waals surface area contributed by atoms with Gasteiger partial charge in [0.25, 0.3) is 5.91 Å². The summed E-state index contributed by atoms with van der Waals surface area (Å²) >= 11 is 6.32. The number of rotatable bonds is 6. The molecule has 3 aromatic carbocycles. The van der Waals surface area contributed by atoms with Gasteiger partial charge in [0.2, 0.25) is 0 Å². The van der Waals surface area contributed by atoms with Gasteiger partial charge in [-0.25, -0.2) is 21.6 Å². The summed E-state index contributed by atoms with van der Waals surface area (Å²) < 4.78 is 68.5. The molecule has 212 valence electrons. The third-order valence-electron chi connectivity index (χ3n) is 8.22. The van der Waals surface area contributed by atoms with Gasteiger partial charge in [-0.05, 0) is 60.8 Å². The molecule has 0 radical (unpaired) electrons. The SMILES string of the molecule is C[C@H]1CC2C[C@](O)(C(O)c3ccccc3)CC1C2S(=O)(=O)c1cc(C(=O)Nc2cc(F)c(F)c(F)c2)ccc1Cl. The molecule has 11 heteroatoms. The summed E-state index contributed by atoms with van der Waals surface area (Å²) in [5.74, 6) is -6.55. The number of halogens is 4. The van der Waals surface area contributed by atoms with Gasteiger partial charge in [-0.3, -0.25) is 4.79 Å². The van der Waals surface area contributed by atoms with Crippen molar-refractivity contribution in [2.45, 2.75) is 48.0 Å². The standard InChI is InChI=1S/C29H27ClF3NO5S/c1-15-9-18-13-29(37,27(35)16-5-3-2-4-6-16)14-20(15)26(18)40(38,39)24-10-17(7-8-21(24)30)28(36)34-19-11-22(31)25(33)23(32)12-19/h2-8,10-12,15,18,20,26-27,35,37H,9,13-14H2,1H3,(H,34,36)/t15-,18?,20?,26?,27?,29+/m0/s1. The van der Waals surface area contributed by atoms with E-state index in [2.05, 4.69) is 5.32 Å². The number of amides is 1. The maximum Gasteiger partial charge on any atom is 0.255 e. The summed E-state index contributed by atoms with van der Waals surface area (Å²) in [4.78, 5) is 12.6. The number of carbonyl (C=O) groups excluding carboxylic acids is 1. The van der Waals surface area contributed by atoms with E-state index in [-0.39, 0.29) is 39.9 Å². The number of nitrogens with one attached hydrogen (secondary N) is 1. The Morgan fingerprint density at radius 3 is 2.33 bits per heavy atom. The van der Waals surface area contributed by atoms with Crippen LogP contribution in [0.1, 0.15) is 48.2 Å². The topological polar surface area (TPSA) is 104 Å². The van der Waals surface area contributed by atoms with Crippen LogP contribution in [0.4, 0.5) is 18.9 Å². The maximum absolute atomic E-state index is 14.0. The second kappa shape index (κ2) is 10.5. The molecule has 0 spiro atoms. The monoisotopic (exact) mass is 593 g/mol. The van der Waals surface area contributed by atoms with Crippen LogP contribution in [0.2, 0.25) is 5.02 Å². The molecule has 0 aromatic heterocycles. The fourth-order valence-corrected chi connectivity index (χ4v) is 9.32. The molecule has 1 amide bonds. The predicted molar refractivity (Wildman–Crippen MR) is 143 cm³/mol. The first kappa shape index (κ1) is 28.6. The van der Waals surface area contributed by atoms with Gasteiger partial charge in [-0.1, -0.05) is 48.9 Å². The van der Waals surface area contributed by atoms with Gasteiger partial charge in [0.1, 0.15) is 6.10 Å². The van der Waals surface area contributed by atoms with Crippen molar-refractivity contribution in [3.05, 3.63) is 94.3 Å². The number of benzene rings is 3. The second-order valence-corrected chi connectivity index (χ2v) is 13.3. The van der Waals surface area contributed by atoms with Crippen LogP contribution in [0.5, 0.6) is 0 Å². The van der Waals surface area contributed by atoms with Crippen molar-refractivity contribution in [3.63, 3.8) is 0 Å². The van der Waals surface area contributed by atoms with E-state index in [1.807, 2.05) is 6.92 Å². The summed E-state index contributed by atoms with van der Waals surface area (Å²) in [6.45, 7) is 1.92. The third-order valence-corrected chi connectivity index (χ3v) is 11.1. The minimum absolute atomic E-state index is 0.0596. The Labute approximate surface area is 234 Å². The first-order chi connectivity index (χ1) is 18.8. The first-order valence-corrected chi connectivity index (χ1v) is 14.7. The van der Waals surface area contributed by atoms with Crippen LogP contribution < -0.4 is 5.32 Å². The Morgan fingerprint density at radius 2 is 1.70 bits per heavy atom. The molecule has 0 heterocycles.